The standard InChI is InChI=1S/C21H23N3O4/c1-24(13-15-6-9-26-10-7-15)21(25)19-11-17(28-23-19)14-27-20-4-2-3-16-12-22-8-5-18(16)20/h2-5,8,11-12,15H,6-7,9-10,13-14H2,1H3. The number of carbonyl (C=O) groups is 1. The van der Waals surface area contributed by atoms with Crippen molar-refractivity contribution in [1.29, 1.82) is 0 Å². The van der Waals surface area contributed by atoms with Crippen molar-refractivity contribution < 1.29 is 18.8 Å². The second-order valence-corrected chi connectivity index (χ2v) is 7.06. The van der Waals surface area contributed by atoms with Gasteiger partial charge in [-0.05, 0) is 30.9 Å². The number of benzene rings is 1. The lowest BCUT2D eigenvalue weighted by atomic mass is 10.00. The molecule has 0 unspecified atom stereocenters. The molecule has 0 spiro atoms. The molecule has 1 aromatic carbocycles. The Balaban J connectivity index is 1.37. The fourth-order valence-corrected chi connectivity index (χ4v) is 3.44. The Morgan fingerprint density at radius 2 is 2.14 bits per heavy atom. The summed E-state index contributed by atoms with van der Waals surface area (Å²) >= 11 is 0. The summed E-state index contributed by atoms with van der Waals surface area (Å²) in [6.45, 7) is 2.43. The van der Waals surface area contributed by atoms with Gasteiger partial charge in [0.25, 0.3) is 5.91 Å². The van der Waals surface area contributed by atoms with E-state index in [0.717, 1.165) is 42.6 Å². The van der Waals surface area contributed by atoms with Crippen LogP contribution in [0, 0.1) is 5.92 Å². The number of hydrogen-bond acceptors (Lipinski definition) is 6. The van der Waals surface area contributed by atoms with E-state index in [1.165, 1.54) is 0 Å². The fourth-order valence-electron chi connectivity index (χ4n) is 3.44. The topological polar surface area (TPSA) is 77.7 Å². The molecule has 1 aliphatic heterocycles. The Morgan fingerprint density at radius 3 is 3.00 bits per heavy atom. The van der Waals surface area contributed by atoms with Crippen molar-refractivity contribution in [2.45, 2.75) is 19.4 Å². The van der Waals surface area contributed by atoms with E-state index < -0.39 is 0 Å². The molecule has 28 heavy (non-hydrogen) atoms. The van der Waals surface area contributed by atoms with Crippen molar-refractivity contribution in [1.82, 2.24) is 15.0 Å². The van der Waals surface area contributed by atoms with Gasteiger partial charge in [-0.1, -0.05) is 17.3 Å². The van der Waals surface area contributed by atoms with Crippen molar-refractivity contribution in [3.8, 4) is 5.75 Å². The van der Waals surface area contributed by atoms with E-state index in [0.29, 0.717) is 23.9 Å². The molecule has 1 aliphatic rings. The Labute approximate surface area is 163 Å². The molecule has 1 amide bonds. The van der Waals surface area contributed by atoms with Gasteiger partial charge in [-0.3, -0.25) is 9.78 Å². The highest BCUT2D eigenvalue weighted by Gasteiger charge is 2.22. The monoisotopic (exact) mass is 381 g/mol. The van der Waals surface area contributed by atoms with Gasteiger partial charge in [-0.15, -0.1) is 0 Å². The number of carbonyl (C=O) groups excluding carboxylic acids is 1. The number of fused-ring (bicyclic) bond motifs is 1. The van der Waals surface area contributed by atoms with Gasteiger partial charge in [0, 0.05) is 56.0 Å². The van der Waals surface area contributed by atoms with E-state index in [1.807, 2.05) is 24.3 Å². The maximum atomic E-state index is 12.6. The number of hydrogen-bond donors (Lipinski definition) is 0. The minimum absolute atomic E-state index is 0.141. The van der Waals surface area contributed by atoms with Crippen LogP contribution in [0.25, 0.3) is 10.8 Å². The highest BCUT2D eigenvalue weighted by atomic mass is 16.5. The first-order valence-corrected chi connectivity index (χ1v) is 9.45. The van der Waals surface area contributed by atoms with Crippen molar-refractivity contribution in [2.24, 2.45) is 5.92 Å². The maximum Gasteiger partial charge on any atom is 0.275 e. The molecule has 0 bridgehead atoms. The molecule has 0 radical (unpaired) electrons. The first-order chi connectivity index (χ1) is 13.7. The maximum absolute atomic E-state index is 12.6. The quantitative estimate of drug-likeness (QED) is 0.652. The van der Waals surface area contributed by atoms with Crippen LogP contribution in [0.15, 0.2) is 47.2 Å². The van der Waals surface area contributed by atoms with Gasteiger partial charge in [0.2, 0.25) is 0 Å². The predicted molar refractivity (Wildman–Crippen MR) is 103 cm³/mol. The van der Waals surface area contributed by atoms with Gasteiger partial charge >= 0.3 is 0 Å². The van der Waals surface area contributed by atoms with Gasteiger partial charge in [0.15, 0.2) is 11.5 Å². The van der Waals surface area contributed by atoms with Crippen LogP contribution >= 0.6 is 0 Å². The van der Waals surface area contributed by atoms with Crippen LogP contribution in [0.3, 0.4) is 0 Å². The van der Waals surface area contributed by atoms with Gasteiger partial charge in [0.05, 0.1) is 0 Å². The summed E-state index contributed by atoms with van der Waals surface area (Å²) in [6.07, 6.45) is 5.49. The highest BCUT2D eigenvalue weighted by Crippen LogP contribution is 2.25. The van der Waals surface area contributed by atoms with E-state index in [4.69, 9.17) is 14.0 Å². The van der Waals surface area contributed by atoms with Crippen molar-refractivity contribution in [3.05, 3.63) is 54.2 Å². The number of nitrogens with zero attached hydrogens (tertiary/aromatic N) is 3. The molecule has 7 nitrogen and oxygen atoms in total. The number of ether oxygens (including phenoxy) is 2. The number of rotatable bonds is 6. The van der Waals surface area contributed by atoms with Gasteiger partial charge in [-0.25, -0.2) is 0 Å². The largest absolute Gasteiger partial charge is 0.485 e. The summed E-state index contributed by atoms with van der Waals surface area (Å²) in [7, 11) is 1.80. The SMILES string of the molecule is CN(CC1CCOCC1)C(=O)c1cc(COc2cccc3cnccc23)on1. The van der Waals surface area contributed by atoms with Gasteiger partial charge < -0.3 is 18.9 Å². The fraction of sp³-hybridized carbons (Fsp3) is 0.381. The Hall–Kier alpha value is -2.93. The van der Waals surface area contributed by atoms with E-state index >= 15 is 0 Å². The molecule has 7 heteroatoms. The van der Waals surface area contributed by atoms with Crippen LogP contribution in [0.5, 0.6) is 5.75 Å². The molecule has 0 atom stereocenters. The molecular weight excluding hydrogens is 358 g/mol. The summed E-state index contributed by atoms with van der Waals surface area (Å²) in [4.78, 5) is 18.4. The van der Waals surface area contributed by atoms with Crippen LogP contribution in [0.2, 0.25) is 0 Å². The summed E-state index contributed by atoms with van der Waals surface area (Å²) in [6, 6.07) is 9.35. The van der Waals surface area contributed by atoms with Crippen molar-refractivity contribution in [3.63, 3.8) is 0 Å². The van der Waals surface area contributed by atoms with Crippen molar-refractivity contribution >= 4 is 16.7 Å². The lowest BCUT2D eigenvalue weighted by Crippen LogP contribution is -2.34. The third-order valence-corrected chi connectivity index (χ3v) is 5.01. The molecule has 146 valence electrons. The molecule has 2 aromatic heterocycles. The third-order valence-electron chi connectivity index (χ3n) is 5.01. The second kappa shape index (κ2) is 8.39. The molecule has 0 N–H and O–H groups in total. The number of pyridine rings is 1. The van der Waals surface area contributed by atoms with Crippen LogP contribution < -0.4 is 4.74 Å². The van der Waals surface area contributed by atoms with Crippen molar-refractivity contribution in [2.75, 3.05) is 26.8 Å². The predicted octanol–water partition coefficient (Wildman–Crippen LogP) is 3.30. The molecule has 0 aliphatic carbocycles. The summed E-state index contributed by atoms with van der Waals surface area (Å²) < 4.78 is 16.6. The lowest BCUT2D eigenvalue weighted by molar-refractivity contribution is 0.0493. The Bertz CT molecular complexity index is 944. The Morgan fingerprint density at radius 1 is 1.29 bits per heavy atom. The van der Waals surface area contributed by atoms with Crippen LogP contribution in [0.4, 0.5) is 0 Å². The molecule has 0 saturated carbocycles. The zero-order valence-electron chi connectivity index (χ0n) is 15.8. The molecule has 3 heterocycles. The minimum atomic E-state index is -0.141. The zero-order valence-corrected chi connectivity index (χ0v) is 15.8. The van der Waals surface area contributed by atoms with Crippen LogP contribution in [-0.2, 0) is 11.3 Å². The molecule has 4 rings (SSSR count). The normalized spacial score (nSPS) is 14.9. The number of amides is 1. The van der Waals surface area contributed by atoms with Crippen LogP contribution in [0.1, 0.15) is 29.1 Å². The summed E-state index contributed by atoms with van der Waals surface area (Å²) in [5.41, 5.74) is 0.301. The molecule has 1 fully saturated rings. The smallest absolute Gasteiger partial charge is 0.275 e. The van der Waals surface area contributed by atoms with Gasteiger partial charge in [-0.2, -0.15) is 0 Å². The average molecular weight is 381 g/mol. The highest BCUT2D eigenvalue weighted by molar-refractivity contribution is 5.92. The van der Waals surface area contributed by atoms with Gasteiger partial charge in [0.1, 0.15) is 12.4 Å². The molecule has 1 saturated heterocycles. The average Bonchev–Trinajstić information content (AvgIpc) is 3.21. The summed E-state index contributed by atoms with van der Waals surface area (Å²) in [5, 5.41) is 5.90. The van der Waals surface area contributed by atoms with E-state index in [9.17, 15) is 4.79 Å². The number of aromatic nitrogens is 2. The Kier molecular flexibility index (Phi) is 5.53. The van der Waals surface area contributed by atoms with E-state index in [2.05, 4.69) is 10.1 Å². The first-order valence-electron chi connectivity index (χ1n) is 9.45. The minimum Gasteiger partial charge on any atom is -0.485 e. The van der Waals surface area contributed by atoms with E-state index in [-0.39, 0.29) is 12.5 Å². The molecule has 3 aromatic rings. The zero-order chi connectivity index (χ0) is 19.3. The second-order valence-electron chi connectivity index (χ2n) is 7.06. The molecular formula is C21H23N3O4. The summed E-state index contributed by atoms with van der Waals surface area (Å²) in [5.74, 6) is 1.57. The third kappa shape index (κ3) is 4.14. The lowest BCUT2D eigenvalue weighted by Gasteiger charge is -2.26. The first kappa shape index (κ1) is 18.4. The van der Waals surface area contributed by atoms with Crippen LogP contribution in [-0.4, -0.2) is 47.8 Å². The van der Waals surface area contributed by atoms with E-state index in [1.54, 1.807) is 30.4 Å².